The molecular weight excluding hydrogens is 114 g/mol. The van der Waals surface area contributed by atoms with E-state index in [-0.39, 0.29) is 0 Å². The Bertz CT molecular complexity index is 50.9. The summed E-state index contributed by atoms with van der Waals surface area (Å²) in [5, 5.41) is 3.08. The highest BCUT2D eigenvalue weighted by molar-refractivity contribution is 4.57. The van der Waals surface area contributed by atoms with Crippen molar-refractivity contribution in [3.05, 3.63) is 0 Å². The Balaban J connectivity index is 3.18. The van der Waals surface area contributed by atoms with E-state index in [2.05, 4.69) is 12.2 Å². The van der Waals surface area contributed by atoms with Crippen LogP contribution in [-0.4, -0.2) is 26.8 Å². The van der Waals surface area contributed by atoms with Gasteiger partial charge in [-0.1, -0.05) is 13.3 Å². The quantitative estimate of drug-likeness (QED) is 0.601. The van der Waals surface area contributed by atoms with E-state index in [0.29, 0.717) is 6.10 Å². The van der Waals surface area contributed by atoms with Crippen LogP contribution in [0.3, 0.4) is 0 Å². The van der Waals surface area contributed by atoms with E-state index < -0.39 is 0 Å². The van der Waals surface area contributed by atoms with Crippen LogP contribution in [0.2, 0.25) is 0 Å². The summed E-state index contributed by atoms with van der Waals surface area (Å²) in [6, 6.07) is 0. The minimum Gasteiger partial charge on any atom is -0.380 e. The highest BCUT2D eigenvalue weighted by Crippen LogP contribution is 1.97. The Morgan fingerprint density at radius 1 is 1.56 bits per heavy atom. The molecular formula is C7H17NO. The van der Waals surface area contributed by atoms with E-state index in [4.69, 9.17) is 4.74 Å². The molecule has 0 heterocycles. The van der Waals surface area contributed by atoms with Gasteiger partial charge in [0.25, 0.3) is 0 Å². The van der Waals surface area contributed by atoms with E-state index in [0.717, 1.165) is 13.0 Å². The first kappa shape index (κ1) is 8.92. The Kier molecular flexibility index (Phi) is 5.99. The van der Waals surface area contributed by atoms with Crippen molar-refractivity contribution < 1.29 is 4.74 Å². The molecule has 0 aromatic carbocycles. The number of likely N-dealkylation sites (N-methyl/N-ethyl adjacent to an activating group) is 1. The van der Waals surface area contributed by atoms with Gasteiger partial charge in [-0.15, -0.1) is 0 Å². The lowest BCUT2D eigenvalue weighted by molar-refractivity contribution is 0.0956. The summed E-state index contributed by atoms with van der Waals surface area (Å²) in [5.74, 6) is 0. The summed E-state index contributed by atoms with van der Waals surface area (Å²) in [7, 11) is 3.71. The summed E-state index contributed by atoms with van der Waals surface area (Å²) in [4.78, 5) is 0. The molecule has 0 bridgehead atoms. The van der Waals surface area contributed by atoms with Crippen molar-refractivity contribution in [2.45, 2.75) is 25.9 Å². The van der Waals surface area contributed by atoms with Crippen LogP contribution in [0.5, 0.6) is 0 Å². The van der Waals surface area contributed by atoms with Gasteiger partial charge in [-0.05, 0) is 13.5 Å². The minimum atomic E-state index is 0.403. The molecule has 2 heteroatoms. The van der Waals surface area contributed by atoms with E-state index >= 15 is 0 Å². The summed E-state index contributed by atoms with van der Waals surface area (Å²) >= 11 is 0. The molecule has 1 unspecified atom stereocenters. The SMILES string of the molecule is CCCC(CNC)OC. The number of ether oxygens (including phenoxy) is 1. The third-order valence-corrected chi connectivity index (χ3v) is 1.38. The Hall–Kier alpha value is -0.0800. The van der Waals surface area contributed by atoms with Crippen LogP contribution in [0.25, 0.3) is 0 Å². The zero-order valence-corrected chi connectivity index (χ0v) is 6.61. The lowest BCUT2D eigenvalue weighted by Crippen LogP contribution is -2.25. The zero-order chi connectivity index (χ0) is 7.11. The Labute approximate surface area is 57.6 Å². The maximum Gasteiger partial charge on any atom is 0.0695 e. The number of methoxy groups -OCH3 is 1. The molecule has 1 N–H and O–H groups in total. The molecule has 0 saturated carbocycles. The van der Waals surface area contributed by atoms with Crippen LogP contribution in [0, 0.1) is 0 Å². The van der Waals surface area contributed by atoms with Crippen molar-refractivity contribution in [3.63, 3.8) is 0 Å². The van der Waals surface area contributed by atoms with Gasteiger partial charge in [0.05, 0.1) is 6.10 Å². The molecule has 1 atom stereocenters. The molecule has 2 nitrogen and oxygen atoms in total. The molecule has 0 spiro atoms. The van der Waals surface area contributed by atoms with Gasteiger partial charge >= 0.3 is 0 Å². The lowest BCUT2D eigenvalue weighted by atomic mass is 10.2. The summed E-state index contributed by atoms with van der Waals surface area (Å²) in [6.07, 6.45) is 2.75. The highest BCUT2D eigenvalue weighted by atomic mass is 16.5. The summed E-state index contributed by atoms with van der Waals surface area (Å²) in [5.41, 5.74) is 0. The molecule has 56 valence electrons. The highest BCUT2D eigenvalue weighted by Gasteiger charge is 2.01. The average Bonchev–Trinajstić information content (AvgIpc) is 1.88. The molecule has 0 aliphatic rings. The fourth-order valence-corrected chi connectivity index (χ4v) is 0.853. The van der Waals surface area contributed by atoms with Gasteiger partial charge in [-0.2, -0.15) is 0 Å². The van der Waals surface area contributed by atoms with Crippen LogP contribution in [0.4, 0.5) is 0 Å². The van der Waals surface area contributed by atoms with Gasteiger partial charge in [0.2, 0.25) is 0 Å². The number of rotatable bonds is 5. The van der Waals surface area contributed by atoms with Crippen LogP contribution in [0.15, 0.2) is 0 Å². The first-order chi connectivity index (χ1) is 4.35. The number of nitrogens with one attached hydrogen (secondary N) is 1. The normalized spacial score (nSPS) is 13.7. The fraction of sp³-hybridized carbons (Fsp3) is 1.00. The van der Waals surface area contributed by atoms with Gasteiger partial charge in [0, 0.05) is 13.7 Å². The molecule has 0 fully saturated rings. The van der Waals surface area contributed by atoms with Crippen molar-refractivity contribution in [2.75, 3.05) is 20.7 Å². The molecule has 0 aliphatic carbocycles. The Morgan fingerprint density at radius 3 is 2.56 bits per heavy atom. The van der Waals surface area contributed by atoms with Crippen molar-refractivity contribution in [2.24, 2.45) is 0 Å². The summed E-state index contributed by atoms with van der Waals surface area (Å²) < 4.78 is 5.17. The number of hydrogen-bond donors (Lipinski definition) is 1. The fourth-order valence-electron chi connectivity index (χ4n) is 0.853. The largest absolute Gasteiger partial charge is 0.380 e. The van der Waals surface area contributed by atoms with Gasteiger partial charge in [-0.25, -0.2) is 0 Å². The first-order valence-corrected chi connectivity index (χ1v) is 3.52. The molecule has 0 saturated heterocycles. The molecule has 9 heavy (non-hydrogen) atoms. The monoisotopic (exact) mass is 131 g/mol. The van der Waals surface area contributed by atoms with Crippen LogP contribution < -0.4 is 5.32 Å². The van der Waals surface area contributed by atoms with E-state index in [1.54, 1.807) is 7.11 Å². The third kappa shape index (κ3) is 4.43. The second-order valence-corrected chi connectivity index (χ2v) is 2.20. The van der Waals surface area contributed by atoms with Crippen molar-refractivity contribution in [3.8, 4) is 0 Å². The zero-order valence-electron chi connectivity index (χ0n) is 6.61. The third-order valence-electron chi connectivity index (χ3n) is 1.38. The van der Waals surface area contributed by atoms with E-state index in [9.17, 15) is 0 Å². The molecule has 0 aromatic rings. The average molecular weight is 131 g/mol. The first-order valence-electron chi connectivity index (χ1n) is 3.52. The van der Waals surface area contributed by atoms with Crippen molar-refractivity contribution in [1.82, 2.24) is 5.32 Å². The molecule has 0 radical (unpaired) electrons. The predicted molar refractivity (Wildman–Crippen MR) is 39.6 cm³/mol. The second-order valence-electron chi connectivity index (χ2n) is 2.20. The molecule has 0 aliphatic heterocycles. The topological polar surface area (TPSA) is 21.3 Å². The molecule has 0 rings (SSSR count). The van der Waals surface area contributed by atoms with E-state index in [1.807, 2.05) is 7.05 Å². The lowest BCUT2D eigenvalue weighted by Gasteiger charge is -2.12. The second kappa shape index (κ2) is 6.05. The molecule has 0 aromatic heterocycles. The molecule has 0 amide bonds. The van der Waals surface area contributed by atoms with Gasteiger partial charge in [0.15, 0.2) is 0 Å². The van der Waals surface area contributed by atoms with Gasteiger partial charge in [-0.3, -0.25) is 0 Å². The predicted octanol–water partition coefficient (Wildman–Crippen LogP) is 1.02. The number of hydrogen-bond acceptors (Lipinski definition) is 2. The Morgan fingerprint density at radius 2 is 2.22 bits per heavy atom. The van der Waals surface area contributed by atoms with Gasteiger partial charge in [0.1, 0.15) is 0 Å². The minimum absolute atomic E-state index is 0.403. The smallest absolute Gasteiger partial charge is 0.0695 e. The van der Waals surface area contributed by atoms with Crippen molar-refractivity contribution in [1.29, 1.82) is 0 Å². The maximum absolute atomic E-state index is 5.17. The standard InChI is InChI=1S/C7H17NO/c1-4-5-7(9-3)6-8-2/h7-8H,4-6H2,1-3H3. The van der Waals surface area contributed by atoms with Gasteiger partial charge < -0.3 is 10.1 Å². The van der Waals surface area contributed by atoms with E-state index in [1.165, 1.54) is 6.42 Å². The van der Waals surface area contributed by atoms with Crippen LogP contribution >= 0.6 is 0 Å². The van der Waals surface area contributed by atoms with Crippen molar-refractivity contribution >= 4 is 0 Å². The van der Waals surface area contributed by atoms with Crippen LogP contribution in [0.1, 0.15) is 19.8 Å². The van der Waals surface area contributed by atoms with Crippen LogP contribution in [-0.2, 0) is 4.74 Å². The maximum atomic E-state index is 5.17. The summed E-state index contributed by atoms with van der Waals surface area (Å²) in [6.45, 7) is 3.13.